The molecule has 0 aliphatic rings. The molecule has 0 radical (unpaired) electrons. The highest BCUT2D eigenvalue weighted by Crippen LogP contribution is 2.23. The van der Waals surface area contributed by atoms with Gasteiger partial charge in [-0.05, 0) is 19.1 Å². The van der Waals surface area contributed by atoms with Gasteiger partial charge in [0.15, 0.2) is 0 Å². The van der Waals surface area contributed by atoms with E-state index in [0.29, 0.717) is 12.4 Å². The molecular formula is C13H17ClN2O2S. The normalized spacial score (nSPS) is 14.5. The minimum Gasteiger partial charge on any atom is -0.497 e. The van der Waals surface area contributed by atoms with Crippen molar-refractivity contribution in [3.63, 3.8) is 0 Å². The Bertz CT molecular complexity index is 612. The number of rotatable bonds is 5. The quantitative estimate of drug-likeness (QED) is 0.797. The highest BCUT2D eigenvalue weighted by Gasteiger charge is 2.15. The van der Waals surface area contributed by atoms with Gasteiger partial charge in [0.2, 0.25) is 0 Å². The van der Waals surface area contributed by atoms with E-state index in [2.05, 4.69) is 4.98 Å². The van der Waals surface area contributed by atoms with Crippen LogP contribution in [-0.4, -0.2) is 32.4 Å². The van der Waals surface area contributed by atoms with E-state index in [9.17, 15) is 4.21 Å². The van der Waals surface area contributed by atoms with Gasteiger partial charge in [-0.15, -0.1) is 11.6 Å². The van der Waals surface area contributed by atoms with Gasteiger partial charge in [0.25, 0.3) is 0 Å². The second kappa shape index (κ2) is 5.92. The van der Waals surface area contributed by atoms with Gasteiger partial charge >= 0.3 is 0 Å². The fourth-order valence-electron chi connectivity index (χ4n) is 1.95. The molecule has 0 aliphatic heterocycles. The Morgan fingerprint density at radius 1 is 1.53 bits per heavy atom. The lowest BCUT2D eigenvalue weighted by Gasteiger charge is -2.12. The van der Waals surface area contributed by atoms with Crippen molar-refractivity contribution in [2.75, 3.05) is 13.4 Å². The third-order valence-electron chi connectivity index (χ3n) is 3.16. The van der Waals surface area contributed by atoms with E-state index < -0.39 is 10.8 Å². The van der Waals surface area contributed by atoms with E-state index in [0.717, 1.165) is 22.6 Å². The molecule has 0 bridgehead atoms. The van der Waals surface area contributed by atoms with Crippen LogP contribution < -0.4 is 4.74 Å². The summed E-state index contributed by atoms with van der Waals surface area (Å²) in [4.78, 5) is 4.50. The Morgan fingerprint density at radius 2 is 2.26 bits per heavy atom. The van der Waals surface area contributed by atoms with Crippen molar-refractivity contribution in [3.8, 4) is 5.75 Å². The SMILES string of the molecule is COc1ccc2nc(CCl)n(CC(C)S(C)=O)c2c1. The van der Waals surface area contributed by atoms with Gasteiger partial charge in [-0.2, -0.15) is 0 Å². The van der Waals surface area contributed by atoms with Crippen LogP contribution in [0.25, 0.3) is 11.0 Å². The number of hydrogen-bond donors (Lipinski definition) is 0. The second-order valence-electron chi connectivity index (χ2n) is 4.44. The van der Waals surface area contributed by atoms with Crippen molar-refractivity contribution in [1.29, 1.82) is 0 Å². The van der Waals surface area contributed by atoms with Gasteiger partial charge in [0, 0.05) is 34.9 Å². The summed E-state index contributed by atoms with van der Waals surface area (Å²) in [6.45, 7) is 2.59. The van der Waals surface area contributed by atoms with Crippen molar-refractivity contribution in [3.05, 3.63) is 24.0 Å². The van der Waals surface area contributed by atoms with Gasteiger partial charge in [-0.1, -0.05) is 0 Å². The van der Waals surface area contributed by atoms with Gasteiger partial charge in [-0.3, -0.25) is 4.21 Å². The number of nitrogens with zero attached hydrogens (tertiary/aromatic N) is 2. The molecule has 0 fully saturated rings. The largest absolute Gasteiger partial charge is 0.497 e. The Morgan fingerprint density at radius 3 is 2.84 bits per heavy atom. The number of hydrogen-bond acceptors (Lipinski definition) is 3. The molecule has 2 rings (SSSR count). The Labute approximate surface area is 120 Å². The second-order valence-corrected chi connectivity index (χ2v) is 6.51. The minimum atomic E-state index is -0.878. The molecule has 0 spiro atoms. The Kier molecular flexibility index (Phi) is 4.47. The Balaban J connectivity index is 2.51. The first-order valence-corrected chi connectivity index (χ1v) is 8.13. The minimum absolute atomic E-state index is 0.0468. The molecule has 6 heteroatoms. The third-order valence-corrected chi connectivity index (χ3v) is 4.68. The lowest BCUT2D eigenvalue weighted by Crippen LogP contribution is -2.18. The molecule has 0 saturated carbocycles. The summed E-state index contributed by atoms with van der Waals surface area (Å²) in [6.07, 6.45) is 1.71. The molecule has 1 aromatic heterocycles. The smallest absolute Gasteiger partial charge is 0.124 e. The van der Waals surface area contributed by atoms with E-state index in [-0.39, 0.29) is 5.25 Å². The zero-order valence-corrected chi connectivity index (χ0v) is 12.8. The van der Waals surface area contributed by atoms with E-state index in [1.54, 1.807) is 13.4 Å². The van der Waals surface area contributed by atoms with Crippen LogP contribution in [0.1, 0.15) is 12.7 Å². The summed E-state index contributed by atoms with van der Waals surface area (Å²) in [5.41, 5.74) is 1.85. The zero-order chi connectivity index (χ0) is 14.0. The maximum absolute atomic E-state index is 11.5. The summed E-state index contributed by atoms with van der Waals surface area (Å²) in [5.74, 6) is 1.90. The van der Waals surface area contributed by atoms with Crippen molar-refractivity contribution >= 4 is 33.4 Å². The first-order valence-electron chi connectivity index (χ1n) is 5.98. The highest BCUT2D eigenvalue weighted by molar-refractivity contribution is 7.84. The lowest BCUT2D eigenvalue weighted by molar-refractivity contribution is 0.415. The molecule has 2 unspecified atom stereocenters. The summed E-state index contributed by atoms with van der Waals surface area (Å²) >= 11 is 5.95. The van der Waals surface area contributed by atoms with E-state index >= 15 is 0 Å². The summed E-state index contributed by atoms with van der Waals surface area (Å²) in [5, 5.41) is 0.0468. The maximum atomic E-state index is 11.5. The Hall–Kier alpha value is -1.07. The molecule has 0 N–H and O–H groups in total. The standard InChI is InChI=1S/C13H17ClN2O2S/c1-9(19(3)17)8-16-12-6-10(18-2)4-5-11(12)15-13(16)7-14/h4-6,9H,7-8H2,1-3H3. The number of alkyl halides is 1. The molecule has 1 aromatic carbocycles. The number of benzene rings is 1. The first kappa shape index (κ1) is 14.3. The third kappa shape index (κ3) is 2.92. The van der Waals surface area contributed by atoms with Gasteiger partial charge < -0.3 is 9.30 Å². The average molecular weight is 301 g/mol. The average Bonchev–Trinajstić information content (AvgIpc) is 2.75. The topological polar surface area (TPSA) is 44.1 Å². The number of methoxy groups -OCH3 is 1. The van der Waals surface area contributed by atoms with Crippen LogP contribution in [0.3, 0.4) is 0 Å². The summed E-state index contributed by atoms with van der Waals surface area (Å²) < 4.78 is 18.8. The van der Waals surface area contributed by atoms with E-state index in [4.69, 9.17) is 16.3 Å². The van der Waals surface area contributed by atoms with Crippen LogP contribution >= 0.6 is 11.6 Å². The number of halogens is 1. The fraction of sp³-hybridized carbons (Fsp3) is 0.462. The van der Waals surface area contributed by atoms with Crippen LogP contribution in [0.2, 0.25) is 0 Å². The number of fused-ring (bicyclic) bond motifs is 1. The first-order chi connectivity index (χ1) is 9.06. The molecular weight excluding hydrogens is 284 g/mol. The fourth-order valence-corrected chi connectivity index (χ4v) is 2.51. The molecule has 2 aromatic rings. The van der Waals surface area contributed by atoms with Gasteiger partial charge in [-0.25, -0.2) is 4.98 Å². The molecule has 0 amide bonds. The predicted octanol–water partition coefficient (Wildman–Crippen LogP) is 2.55. The lowest BCUT2D eigenvalue weighted by atomic mass is 10.3. The molecule has 19 heavy (non-hydrogen) atoms. The van der Waals surface area contributed by atoms with Crippen molar-refractivity contribution in [1.82, 2.24) is 9.55 Å². The summed E-state index contributed by atoms with van der Waals surface area (Å²) in [6, 6.07) is 5.72. The van der Waals surface area contributed by atoms with Gasteiger partial charge in [0.05, 0.1) is 24.0 Å². The van der Waals surface area contributed by atoms with Crippen LogP contribution in [-0.2, 0) is 23.2 Å². The van der Waals surface area contributed by atoms with Crippen LogP contribution in [0.4, 0.5) is 0 Å². The predicted molar refractivity (Wildman–Crippen MR) is 79.4 cm³/mol. The molecule has 2 atom stereocenters. The van der Waals surface area contributed by atoms with Crippen LogP contribution in [0, 0.1) is 0 Å². The molecule has 0 saturated heterocycles. The number of ether oxygens (including phenoxy) is 1. The number of imidazole rings is 1. The van der Waals surface area contributed by atoms with Crippen molar-refractivity contribution < 1.29 is 8.95 Å². The summed E-state index contributed by atoms with van der Waals surface area (Å²) in [7, 11) is 0.755. The van der Waals surface area contributed by atoms with Crippen molar-refractivity contribution in [2.45, 2.75) is 24.6 Å². The molecule has 4 nitrogen and oxygen atoms in total. The zero-order valence-electron chi connectivity index (χ0n) is 11.2. The van der Waals surface area contributed by atoms with E-state index in [1.807, 2.05) is 29.7 Å². The molecule has 1 heterocycles. The van der Waals surface area contributed by atoms with Crippen LogP contribution in [0.15, 0.2) is 18.2 Å². The monoisotopic (exact) mass is 300 g/mol. The number of aromatic nitrogens is 2. The van der Waals surface area contributed by atoms with Crippen molar-refractivity contribution in [2.24, 2.45) is 0 Å². The van der Waals surface area contributed by atoms with E-state index in [1.165, 1.54) is 0 Å². The highest BCUT2D eigenvalue weighted by atomic mass is 35.5. The maximum Gasteiger partial charge on any atom is 0.124 e. The van der Waals surface area contributed by atoms with Gasteiger partial charge in [0.1, 0.15) is 11.6 Å². The molecule has 0 aliphatic carbocycles. The van der Waals surface area contributed by atoms with Crippen LogP contribution in [0.5, 0.6) is 5.75 Å². The molecule has 104 valence electrons.